The number of ether oxygens (including phenoxy) is 5. The van der Waals surface area contributed by atoms with Gasteiger partial charge in [0.15, 0.2) is 6.10 Å². The van der Waals surface area contributed by atoms with E-state index in [4.69, 9.17) is 23.7 Å². The molecule has 0 unspecified atom stereocenters. The SMILES string of the molecule is CC(=O)O[C@H]1O[C@H](C)[C@H](OC(C)=O)[C@H](OCc2ccc3ccccc3c2)[C@H]1NC(=O)OC(C)(C)C. The summed E-state index contributed by atoms with van der Waals surface area (Å²) in [6.07, 6.45) is -4.38. The van der Waals surface area contributed by atoms with Crippen molar-refractivity contribution in [2.24, 2.45) is 0 Å². The van der Waals surface area contributed by atoms with Gasteiger partial charge in [-0.25, -0.2) is 4.79 Å². The zero-order chi connectivity index (χ0) is 25.8. The fraction of sp³-hybridized carbons (Fsp3) is 0.500. The molecule has 1 fully saturated rings. The Labute approximate surface area is 205 Å². The van der Waals surface area contributed by atoms with Gasteiger partial charge in [0.2, 0.25) is 6.29 Å². The Balaban J connectivity index is 1.90. The first-order valence-electron chi connectivity index (χ1n) is 11.5. The predicted molar refractivity (Wildman–Crippen MR) is 127 cm³/mol. The number of fused-ring (bicyclic) bond motifs is 1. The second kappa shape index (κ2) is 11.0. The molecule has 1 N–H and O–H groups in total. The van der Waals surface area contributed by atoms with Crippen LogP contribution < -0.4 is 5.32 Å². The molecule has 3 rings (SSSR count). The summed E-state index contributed by atoms with van der Waals surface area (Å²) in [5.74, 6) is -1.14. The van der Waals surface area contributed by atoms with E-state index in [0.29, 0.717) is 0 Å². The first-order valence-corrected chi connectivity index (χ1v) is 11.5. The standard InChI is InChI=1S/C26H33NO8/c1-15-22(33-16(2)28)23(31-14-18-11-12-19-9-7-8-10-20(19)13-18)21(24(32-15)34-17(3)29)27-25(30)35-26(4,5)6/h7-13,15,21-24H,14H2,1-6H3,(H,27,30)/t15-,21-,22+,23-,24-/m1/s1. The largest absolute Gasteiger partial charge is 0.457 e. The van der Waals surface area contributed by atoms with Crippen molar-refractivity contribution in [1.82, 2.24) is 5.32 Å². The summed E-state index contributed by atoms with van der Waals surface area (Å²) < 4.78 is 28.3. The fourth-order valence-electron chi connectivity index (χ4n) is 3.93. The topological polar surface area (TPSA) is 109 Å². The van der Waals surface area contributed by atoms with E-state index in [1.165, 1.54) is 13.8 Å². The van der Waals surface area contributed by atoms with Crippen molar-refractivity contribution in [2.45, 2.75) is 84.4 Å². The van der Waals surface area contributed by atoms with Gasteiger partial charge >= 0.3 is 18.0 Å². The lowest BCUT2D eigenvalue weighted by Gasteiger charge is -2.44. The quantitative estimate of drug-likeness (QED) is 0.483. The molecule has 1 amide bonds. The molecule has 35 heavy (non-hydrogen) atoms. The van der Waals surface area contributed by atoms with E-state index in [2.05, 4.69) is 5.32 Å². The van der Waals surface area contributed by atoms with Gasteiger partial charge in [0.1, 0.15) is 17.7 Å². The van der Waals surface area contributed by atoms with Crippen molar-refractivity contribution < 1.29 is 38.1 Å². The molecule has 9 heteroatoms. The van der Waals surface area contributed by atoms with Gasteiger partial charge in [0, 0.05) is 13.8 Å². The Morgan fingerprint density at radius 3 is 2.23 bits per heavy atom. The third-order valence-electron chi connectivity index (χ3n) is 5.31. The van der Waals surface area contributed by atoms with Crippen LogP contribution in [0, 0.1) is 0 Å². The fourth-order valence-corrected chi connectivity index (χ4v) is 3.93. The Hall–Kier alpha value is -3.17. The van der Waals surface area contributed by atoms with Gasteiger partial charge in [0.25, 0.3) is 0 Å². The smallest absolute Gasteiger partial charge is 0.408 e. The highest BCUT2D eigenvalue weighted by molar-refractivity contribution is 5.82. The minimum absolute atomic E-state index is 0.152. The van der Waals surface area contributed by atoms with Crippen LogP contribution in [0.1, 0.15) is 47.1 Å². The van der Waals surface area contributed by atoms with Crippen LogP contribution in [-0.2, 0) is 39.9 Å². The second-order valence-corrected chi connectivity index (χ2v) is 9.52. The number of alkyl carbamates (subject to hydrolysis) is 1. The summed E-state index contributed by atoms with van der Waals surface area (Å²) in [6.45, 7) is 9.53. The first-order chi connectivity index (χ1) is 16.4. The number of benzene rings is 2. The molecule has 0 spiro atoms. The van der Waals surface area contributed by atoms with Crippen molar-refractivity contribution >= 4 is 28.8 Å². The maximum absolute atomic E-state index is 12.6. The van der Waals surface area contributed by atoms with Crippen LogP contribution in [-0.4, -0.2) is 54.3 Å². The summed E-state index contributed by atoms with van der Waals surface area (Å²) in [4.78, 5) is 36.3. The Morgan fingerprint density at radius 1 is 0.943 bits per heavy atom. The predicted octanol–water partition coefficient (Wildman–Crippen LogP) is 3.86. The van der Waals surface area contributed by atoms with Crippen molar-refractivity contribution in [3.63, 3.8) is 0 Å². The highest BCUT2D eigenvalue weighted by atomic mass is 16.7. The van der Waals surface area contributed by atoms with Crippen LogP contribution in [0.4, 0.5) is 4.79 Å². The molecule has 1 aliphatic heterocycles. The molecular formula is C26H33NO8. The lowest BCUT2D eigenvalue weighted by molar-refractivity contribution is -0.266. The highest BCUT2D eigenvalue weighted by Gasteiger charge is 2.49. The van der Waals surface area contributed by atoms with Gasteiger partial charge in [-0.05, 0) is 50.1 Å². The van der Waals surface area contributed by atoms with Crippen LogP contribution in [0.2, 0.25) is 0 Å². The van der Waals surface area contributed by atoms with E-state index in [-0.39, 0.29) is 6.61 Å². The van der Waals surface area contributed by atoms with Crippen molar-refractivity contribution in [3.05, 3.63) is 48.0 Å². The number of hydrogen-bond donors (Lipinski definition) is 1. The van der Waals surface area contributed by atoms with Crippen LogP contribution in [0.3, 0.4) is 0 Å². The minimum Gasteiger partial charge on any atom is -0.457 e. The molecule has 0 aromatic heterocycles. The number of carbonyl (C=O) groups excluding carboxylic acids is 3. The highest BCUT2D eigenvalue weighted by Crippen LogP contribution is 2.28. The number of nitrogens with one attached hydrogen (secondary N) is 1. The summed E-state index contributed by atoms with van der Waals surface area (Å²) in [5, 5.41) is 4.83. The van der Waals surface area contributed by atoms with E-state index in [9.17, 15) is 14.4 Å². The molecule has 190 valence electrons. The minimum atomic E-state index is -1.18. The molecule has 0 saturated carbocycles. The normalized spacial score (nSPS) is 24.5. The zero-order valence-electron chi connectivity index (χ0n) is 20.9. The summed E-state index contributed by atoms with van der Waals surface area (Å²) in [5.41, 5.74) is 0.116. The number of rotatable bonds is 6. The maximum Gasteiger partial charge on any atom is 0.408 e. The number of amides is 1. The van der Waals surface area contributed by atoms with Crippen LogP contribution in [0.25, 0.3) is 10.8 Å². The van der Waals surface area contributed by atoms with E-state index in [0.717, 1.165) is 16.3 Å². The maximum atomic E-state index is 12.6. The molecule has 0 aliphatic carbocycles. The number of hydrogen-bond acceptors (Lipinski definition) is 8. The Bertz CT molecular complexity index is 1060. The van der Waals surface area contributed by atoms with Crippen LogP contribution in [0.5, 0.6) is 0 Å². The molecule has 9 nitrogen and oxygen atoms in total. The first kappa shape index (κ1) is 26.4. The summed E-state index contributed by atoms with van der Waals surface area (Å²) >= 11 is 0. The molecule has 1 heterocycles. The number of carbonyl (C=O) groups is 3. The van der Waals surface area contributed by atoms with E-state index >= 15 is 0 Å². The van der Waals surface area contributed by atoms with Gasteiger partial charge in [-0.2, -0.15) is 0 Å². The van der Waals surface area contributed by atoms with Crippen molar-refractivity contribution in [2.75, 3.05) is 0 Å². The average Bonchev–Trinajstić information content (AvgIpc) is 2.74. The average molecular weight is 488 g/mol. The van der Waals surface area contributed by atoms with E-state index in [1.807, 2.05) is 42.5 Å². The monoisotopic (exact) mass is 487 g/mol. The Kier molecular flexibility index (Phi) is 8.34. The summed E-state index contributed by atoms with van der Waals surface area (Å²) in [6, 6.07) is 12.9. The van der Waals surface area contributed by atoms with Crippen LogP contribution in [0.15, 0.2) is 42.5 Å². The molecule has 1 aliphatic rings. The van der Waals surface area contributed by atoms with E-state index < -0.39 is 54.3 Å². The molecule has 1 saturated heterocycles. The third-order valence-corrected chi connectivity index (χ3v) is 5.31. The van der Waals surface area contributed by atoms with Crippen molar-refractivity contribution in [1.29, 1.82) is 0 Å². The second-order valence-electron chi connectivity index (χ2n) is 9.52. The number of esters is 2. The van der Waals surface area contributed by atoms with E-state index in [1.54, 1.807) is 27.7 Å². The molecule has 2 aromatic rings. The molecule has 0 bridgehead atoms. The van der Waals surface area contributed by atoms with Gasteiger partial charge in [-0.3, -0.25) is 9.59 Å². The zero-order valence-corrected chi connectivity index (χ0v) is 20.9. The Morgan fingerprint density at radius 2 is 1.60 bits per heavy atom. The van der Waals surface area contributed by atoms with Gasteiger partial charge in [0.05, 0.1) is 12.7 Å². The van der Waals surface area contributed by atoms with Crippen LogP contribution >= 0.6 is 0 Å². The van der Waals surface area contributed by atoms with Gasteiger partial charge in [-0.15, -0.1) is 0 Å². The molecular weight excluding hydrogens is 454 g/mol. The lowest BCUT2D eigenvalue weighted by Crippen LogP contribution is -2.65. The van der Waals surface area contributed by atoms with Gasteiger partial charge in [-0.1, -0.05) is 36.4 Å². The molecule has 0 radical (unpaired) electrons. The molecule has 2 aromatic carbocycles. The lowest BCUT2D eigenvalue weighted by atomic mass is 9.96. The third kappa shape index (κ3) is 7.40. The van der Waals surface area contributed by atoms with Gasteiger partial charge < -0.3 is 29.0 Å². The summed E-state index contributed by atoms with van der Waals surface area (Å²) in [7, 11) is 0. The molecule has 5 atom stereocenters. The van der Waals surface area contributed by atoms with Crippen molar-refractivity contribution in [3.8, 4) is 0 Å².